The molecule has 0 spiro atoms. The summed E-state index contributed by atoms with van der Waals surface area (Å²) < 4.78 is 21.4. The minimum atomic E-state index is -0.849. The molecule has 0 aliphatic rings. The van der Waals surface area contributed by atoms with Crippen molar-refractivity contribution in [1.29, 1.82) is 0 Å². The van der Waals surface area contributed by atoms with Crippen LogP contribution in [0.5, 0.6) is 23.0 Å². The van der Waals surface area contributed by atoms with E-state index in [4.69, 9.17) is 24.7 Å². The van der Waals surface area contributed by atoms with Crippen LogP contribution in [-0.4, -0.2) is 45.2 Å². The SMILES string of the molecule is COc1cc(OCCCC(C)(O)CN)cc(OC)c1OC. The smallest absolute Gasteiger partial charge is 0.203 e. The quantitative estimate of drug-likeness (QED) is 0.674. The molecular weight excluding hydrogens is 274 g/mol. The van der Waals surface area contributed by atoms with E-state index in [0.717, 1.165) is 0 Å². The average Bonchev–Trinajstić information content (AvgIpc) is 2.50. The van der Waals surface area contributed by atoms with Gasteiger partial charge in [-0.05, 0) is 19.8 Å². The van der Waals surface area contributed by atoms with Gasteiger partial charge < -0.3 is 29.8 Å². The van der Waals surface area contributed by atoms with Crippen LogP contribution in [0.2, 0.25) is 0 Å². The number of hydrogen-bond acceptors (Lipinski definition) is 6. The highest BCUT2D eigenvalue weighted by Crippen LogP contribution is 2.40. The Balaban J connectivity index is 2.67. The van der Waals surface area contributed by atoms with E-state index in [9.17, 15) is 5.11 Å². The molecule has 120 valence electrons. The fourth-order valence-corrected chi connectivity index (χ4v) is 1.89. The molecule has 6 nitrogen and oxygen atoms in total. The fraction of sp³-hybridized carbons (Fsp3) is 0.600. The lowest BCUT2D eigenvalue weighted by atomic mass is 10.0. The van der Waals surface area contributed by atoms with Gasteiger partial charge in [0, 0.05) is 18.7 Å². The van der Waals surface area contributed by atoms with Gasteiger partial charge in [0.25, 0.3) is 0 Å². The van der Waals surface area contributed by atoms with Gasteiger partial charge in [0.05, 0.1) is 33.5 Å². The molecule has 1 rings (SSSR count). The van der Waals surface area contributed by atoms with Gasteiger partial charge in [0.1, 0.15) is 5.75 Å². The third-order valence-electron chi connectivity index (χ3n) is 3.21. The molecule has 0 aromatic heterocycles. The summed E-state index contributed by atoms with van der Waals surface area (Å²) in [6.07, 6.45) is 1.27. The van der Waals surface area contributed by atoms with Gasteiger partial charge in [0.15, 0.2) is 11.5 Å². The third kappa shape index (κ3) is 4.99. The normalized spacial score (nSPS) is 13.4. The zero-order valence-corrected chi connectivity index (χ0v) is 13.1. The van der Waals surface area contributed by atoms with Crippen molar-refractivity contribution in [2.75, 3.05) is 34.5 Å². The predicted octanol–water partition coefficient (Wildman–Crippen LogP) is 1.58. The summed E-state index contributed by atoms with van der Waals surface area (Å²) >= 11 is 0. The molecular formula is C15H25NO5. The molecule has 0 saturated heterocycles. The van der Waals surface area contributed by atoms with E-state index in [2.05, 4.69) is 0 Å². The molecule has 21 heavy (non-hydrogen) atoms. The van der Waals surface area contributed by atoms with Gasteiger partial charge >= 0.3 is 0 Å². The summed E-state index contributed by atoms with van der Waals surface area (Å²) in [5.74, 6) is 2.23. The van der Waals surface area contributed by atoms with Crippen molar-refractivity contribution in [3.8, 4) is 23.0 Å². The summed E-state index contributed by atoms with van der Waals surface area (Å²) in [4.78, 5) is 0. The number of hydrogen-bond donors (Lipinski definition) is 2. The van der Waals surface area contributed by atoms with Crippen molar-refractivity contribution in [2.24, 2.45) is 5.73 Å². The zero-order chi connectivity index (χ0) is 15.9. The first-order valence-electron chi connectivity index (χ1n) is 6.82. The molecule has 0 aliphatic carbocycles. The first-order valence-corrected chi connectivity index (χ1v) is 6.82. The highest BCUT2D eigenvalue weighted by Gasteiger charge is 2.17. The lowest BCUT2D eigenvalue weighted by Gasteiger charge is -2.20. The Morgan fingerprint density at radius 2 is 1.67 bits per heavy atom. The molecule has 0 fully saturated rings. The second-order valence-corrected chi connectivity index (χ2v) is 5.01. The summed E-state index contributed by atoms with van der Waals surface area (Å²) in [6.45, 7) is 2.42. The maximum Gasteiger partial charge on any atom is 0.203 e. The van der Waals surface area contributed by atoms with Gasteiger partial charge in [-0.3, -0.25) is 0 Å². The van der Waals surface area contributed by atoms with Crippen LogP contribution in [0.4, 0.5) is 0 Å². The third-order valence-corrected chi connectivity index (χ3v) is 3.21. The molecule has 0 aliphatic heterocycles. The van der Waals surface area contributed by atoms with Gasteiger partial charge in [-0.2, -0.15) is 0 Å². The van der Waals surface area contributed by atoms with Crippen LogP contribution in [0, 0.1) is 0 Å². The summed E-state index contributed by atoms with van der Waals surface area (Å²) in [5, 5.41) is 9.82. The van der Waals surface area contributed by atoms with Crippen molar-refractivity contribution in [3.05, 3.63) is 12.1 Å². The first-order chi connectivity index (χ1) is 9.97. The fourth-order valence-electron chi connectivity index (χ4n) is 1.89. The number of aliphatic hydroxyl groups is 1. The lowest BCUT2D eigenvalue weighted by Crippen LogP contribution is -2.34. The van der Waals surface area contributed by atoms with Crippen molar-refractivity contribution in [2.45, 2.75) is 25.4 Å². The van der Waals surface area contributed by atoms with Crippen molar-refractivity contribution in [3.63, 3.8) is 0 Å². The molecule has 0 saturated carbocycles. The monoisotopic (exact) mass is 299 g/mol. The van der Waals surface area contributed by atoms with E-state index in [0.29, 0.717) is 42.4 Å². The number of ether oxygens (including phenoxy) is 4. The highest BCUT2D eigenvalue weighted by atomic mass is 16.5. The second kappa shape index (κ2) is 7.95. The van der Waals surface area contributed by atoms with Crippen LogP contribution in [-0.2, 0) is 0 Å². The Labute approximate surface area is 125 Å². The molecule has 6 heteroatoms. The molecule has 1 aromatic rings. The topological polar surface area (TPSA) is 83.2 Å². The van der Waals surface area contributed by atoms with Crippen LogP contribution in [0.25, 0.3) is 0 Å². The Morgan fingerprint density at radius 3 is 2.10 bits per heavy atom. The largest absolute Gasteiger partial charge is 0.493 e. The van der Waals surface area contributed by atoms with Crippen molar-refractivity contribution < 1.29 is 24.1 Å². The van der Waals surface area contributed by atoms with Crippen LogP contribution in [0.15, 0.2) is 12.1 Å². The van der Waals surface area contributed by atoms with E-state index in [1.54, 1.807) is 40.4 Å². The van der Waals surface area contributed by atoms with Crippen LogP contribution >= 0.6 is 0 Å². The molecule has 1 unspecified atom stereocenters. The molecule has 3 N–H and O–H groups in total. The molecule has 0 amide bonds. The van der Waals surface area contributed by atoms with Crippen molar-refractivity contribution in [1.82, 2.24) is 0 Å². The number of methoxy groups -OCH3 is 3. The number of rotatable bonds is 9. The maximum absolute atomic E-state index is 9.82. The summed E-state index contributed by atoms with van der Waals surface area (Å²) in [7, 11) is 4.66. The molecule has 0 radical (unpaired) electrons. The van der Waals surface area contributed by atoms with E-state index >= 15 is 0 Å². The minimum absolute atomic E-state index is 0.233. The van der Waals surface area contributed by atoms with E-state index in [-0.39, 0.29) is 6.54 Å². The van der Waals surface area contributed by atoms with Crippen LogP contribution in [0.3, 0.4) is 0 Å². The minimum Gasteiger partial charge on any atom is -0.493 e. The summed E-state index contributed by atoms with van der Waals surface area (Å²) in [6, 6.07) is 3.48. The maximum atomic E-state index is 9.82. The van der Waals surface area contributed by atoms with Gasteiger partial charge in [-0.25, -0.2) is 0 Å². The highest BCUT2D eigenvalue weighted by molar-refractivity contribution is 5.55. The molecule has 0 bridgehead atoms. The Hall–Kier alpha value is -1.66. The first kappa shape index (κ1) is 17.4. The number of benzene rings is 1. The Kier molecular flexibility index (Phi) is 6.58. The van der Waals surface area contributed by atoms with Crippen LogP contribution in [0.1, 0.15) is 19.8 Å². The number of nitrogens with two attached hydrogens (primary N) is 1. The second-order valence-electron chi connectivity index (χ2n) is 5.01. The Bertz CT molecular complexity index is 423. The van der Waals surface area contributed by atoms with Gasteiger partial charge in [0.2, 0.25) is 5.75 Å². The standard InChI is InChI=1S/C15H25NO5/c1-15(17,10-16)6-5-7-21-11-8-12(18-2)14(20-4)13(9-11)19-3/h8-9,17H,5-7,10,16H2,1-4H3. The summed E-state index contributed by atoms with van der Waals surface area (Å²) in [5.41, 5.74) is 4.62. The Morgan fingerprint density at radius 1 is 1.10 bits per heavy atom. The van der Waals surface area contributed by atoms with E-state index in [1.165, 1.54) is 0 Å². The van der Waals surface area contributed by atoms with Gasteiger partial charge in [-0.1, -0.05) is 0 Å². The average molecular weight is 299 g/mol. The van der Waals surface area contributed by atoms with Crippen LogP contribution < -0.4 is 24.7 Å². The van der Waals surface area contributed by atoms with Crippen molar-refractivity contribution >= 4 is 0 Å². The lowest BCUT2D eigenvalue weighted by molar-refractivity contribution is 0.0535. The zero-order valence-electron chi connectivity index (χ0n) is 13.1. The molecule has 1 atom stereocenters. The van der Waals surface area contributed by atoms with E-state index < -0.39 is 5.60 Å². The predicted molar refractivity (Wildman–Crippen MR) is 80.5 cm³/mol. The van der Waals surface area contributed by atoms with Gasteiger partial charge in [-0.15, -0.1) is 0 Å². The molecule has 1 aromatic carbocycles. The molecule has 0 heterocycles. The van der Waals surface area contributed by atoms with E-state index in [1.807, 2.05) is 0 Å².